The zero-order valence-corrected chi connectivity index (χ0v) is 14.9. The van der Waals surface area contributed by atoms with E-state index in [9.17, 15) is 9.18 Å². The van der Waals surface area contributed by atoms with Crippen LogP contribution in [0.3, 0.4) is 0 Å². The number of halogens is 1. The van der Waals surface area contributed by atoms with Crippen molar-refractivity contribution in [2.45, 2.75) is 0 Å². The van der Waals surface area contributed by atoms with E-state index in [0.29, 0.717) is 49.2 Å². The maximum absolute atomic E-state index is 14.1. The molecule has 3 heterocycles. The van der Waals surface area contributed by atoms with Crippen molar-refractivity contribution < 1.29 is 13.9 Å². The van der Waals surface area contributed by atoms with Crippen LogP contribution in [0.4, 0.5) is 10.2 Å². The van der Waals surface area contributed by atoms with Crippen LogP contribution in [0, 0.1) is 5.82 Å². The second kappa shape index (κ2) is 7.28. The molecule has 0 saturated carbocycles. The number of nitrogens with zero attached hydrogens (tertiary/aromatic N) is 6. The lowest BCUT2D eigenvalue weighted by Gasteiger charge is -2.29. The van der Waals surface area contributed by atoms with E-state index in [4.69, 9.17) is 4.74 Å². The SMILES string of the molecule is CN(CC(=O)N1CCOCC1)c1ccc2nnc(-c3ccccc3F)n2n1. The summed E-state index contributed by atoms with van der Waals surface area (Å²) in [6.45, 7) is 2.51. The summed E-state index contributed by atoms with van der Waals surface area (Å²) in [5.74, 6) is 0.509. The zero-order valence-electron chi connectivity index (χ0n) is 14.9. The van der Waals surface area contributed by atoms with Gasteiger partial charge in [-0.2, -0.15) is 4.52 Å². The smallest absolute Gasteiger partial charge is 0.242 e. The molecule has 1 aliphatic rings. The fourth-order valence-corrected chi connectivity index (χ4v) is 2.99. The van der Waals surface area contributed by atoms with Gasteiger partial charge in [0.15, 0.2) is 11.5 Å². The van der Waals surface area contributed by atoms with Gasteiger partial charge in [0.2, 0.25) is 5.91 Å². The van der Waals surface area contributed by atoms with Gasteiger partial charge in [-0.1, -0.05) is 12.1 Å². The monoisotopic (exact) mass is 370 g/mol. The number of aromatic nitrogens is 4. The molecule has 4 rings (SSSR count). The number of anilines is 1. The van der Waals surface area contributed by atoms with Crippen LogP contribution >= 0.6 is 0 Å². The molecule has 1 aromatic carbocycles. The Balaban J connectivity index is 1.60. The first kappa shape index (κ1) is 17.3. The first-order valence-corrected chi connectivity index (χ1v) is 8.67. The molecule has 2 aromatic heterocycles. The number of carbonyl (C=O) groups is 1. The number of carbonyl (C=O) groups excluding carboxylic acids is 1. The van der Waals surface area contributed by atoms with E-state index >= 15 is 0 Å². The van der Waals surface area contributed by atoms with Gasteiger partial charge in [-0.3, -0.25) is 4.79 Å². The number of fused-ring (bicyclic) bond motifs is 1. The summed E-state index contributed by atoms with van der Waals surface area (Å²) in [6, 6.07) is 9.86. The van der Waals surface area contributed by atoms with Gasteiger partial charge in [0.25, 0.3) is 0 Å². The molecule has 140 valence electrons. The van der Waals surface area contributed by atoms with Crippen LogP contribution in [0.25, 0.3) is 17.0 Å². The summed E-state index contributed by atoms with van der Waals surface area (Å²) < 4.78 is 20.9. The number of morpholine rings is 1. The summed E-state index contributed by atoms with van der Waals surface area (Å²) in [6.07, 6.45) is 0. The van der Waals surface area contributed by atoms with Crippen molar-refractivity contribution in [2.75, 3.05) is 44.8 Å². The number of ether oxygens (including phenoxy) is 1. The highest BCUT2D eigenvalue weighted by molar-refractivity contribution is 5.81. The molecule has 8 nitrogen and oxygen atoms in total. The van der Waals surface area contributed by atoms with Crippen LogP contribution in [0.1, 0.15) is 0 Å². The average Bonchev–Trinajstić information content (AvgIpc) is 3.12. The number of hydrogen-bond donors (Lipinski definition) is 0. The van der Waals surface area contributed by atoms with Gasteiger partial charge in [0.05, 0.1) is 25.3 Å². The maximum Gasteiger partial charge on any atom is 0.242 e. The number of hydrogen-bond acceptors (Lipinski definition) is 6. The van der Waals surface area contributed by atoms with Crippen LogP contribution in [-0.4, -0.2) is 70.5 Å². The van der Waals surface area contributed by atoms with Gasteiger partial charge in [-0.25, -0.2) is 4.39 Å². The van der Waals surface area contributed by atoms with Crippen LogP contribution in [0.15, 0.2) is 36.4 Å². The molecule has 0 spiro atoms. The predicted molar refractivity (Wildman–Crippen MR) is 96.8 cm³/mol. The topological polar surface area (TPSA) is 75.9 Å². The minimum atomic E-state index is -0.394. The van der Waals surface area contributed by atoms with Crippen molar-refractivity contribution in [1.29, 1.82) is 0 Å². The maximum atomic E-state index is 14.1. The normalized spacial score (nSPS) is 14.5. The Morgan fingerprint density at radius 2 is 1.96 bits per heavy atom. The highest BCUT2D eigenvalue weighted by atomic mass is 19.1. The van der Waals surface area contributed by atoms with Crippen molar-refractivity contribution in [1.82, 2.24) is 24.7 Å². The minimum absolute atomic E-state index is 0.0146. The largest absolute Gasteiger partial charge is 0.378 e. The Hall–Kier alpha value is -3.07. The summed E-state index contributed by atoms with van der Waals surface area (Å²) >= 11 is 0. The molecular formula is C18H19FN6O2. The van der Waals surface area contributed by atoms with Crippen molar-refractivity contribution in [3.63, 3.8) is 0 Å². The lowest BCUT2D eigenvalue weighted by Crippen LogP contribution is -2.45. The first-order chi connectivity index (χ1) is 13.1. The third kappa shape index (κ3) is 3.45. The second-order valence-corrected chi connectivity index (χ2v) is 6.31. The molecule has 0 N–H and O–H groups in total. The Kier molecular flexibility index (Phi) is 4.68. The van der Waals surface area contributed by atoms with Crippen molar-refractivity contribution in [3.05, 3.63) is 42.2 Å². The van der Waals surface area contributed by atoms with Crippen molar-refractivity contribution in [2.24, 2.45) is 0 Å². The van der Waals surface area contributed by atoms with Crippen LogP contribution < -0.4 is 4.90 Å². The quantitative estimate of drug-likeness (QED) is 0.688. The Morgan fingerprint density at radius 1 is 1.19 bits per heavy atom. The van der Waals surface area contributed by atoms with E-state index in [0.717, 1.165) is 0 Å². The van der Waals surface area contributed by atoms with E-state index in [1.807, 2.05) is 0 Å². The van der Waals surface area contributed by atoms with Crippen molar-refractivity contribution in [3.8, 4) is 11.4 Å². The highest BCUT2D eigenvalue weighted by Gasteiger charge is 2.20. The van der Waals surface area contributed by atoms with E-state index < -0.39 is 5.82 Å². The molecule has 0 atom stereocenters. The molecule has 1 saturated heterocycles. The van der Waals surface area contributed by atoms with Crippen molar-refractivity contribution >= 4 is 17.4 Å². The van der Waals surface area contributed by atoms with E-state index in [1.165, 1.54) is 10.6 Å². The molecule has 3 aromatic rings. The third-order valence-electron chi connectivity index (χ3n) is 4.49. The Morgan fingerprint density at radius 3 is 2.74 bits per heavy atom. The molecular weight excluding hydrogens is 351 g/mol. The summed E-state index contributed by atoms with van der Waals surface area (Å²) in [5.41, 5.74) is 0.826. The summed E-state index contributed by atoms with van der Waals surface area (Å²) in [4.78, 5) is 16.0. The molecule has 0 aliphatic carbocycles. The Bertz CT molecular complexity index is 969. The number of benzene rings is 1. The number of rotatable bonds is 4. The third-order valence-corrected chi connectivity index (χ3v) is 4.49. The zero-order chi connectivity index (χ0) is 18.8. The van der Waals surface area contributed by atoms with Gasteiger partial charge >= 0.3 is 0 Å². The molecule has 27 heavy (non-hydrogen) atoms. The number of amides is 1. The Labute approximate surface area is 155 Å². The van der Waals surface area contributed by atoms with Gasteiger partial charge in [-0.05, 0) is 24.3 Å². The molecule has 0 bridgehead atoms. The van der Waals surface area contributed by atoms with Gasteiger partial charge in [0.1, 0.15) is 11.6 Å². The minimum Gasteiger partial charge on any atom is -0.378 e. The molecule has 1 aliphatic heterocycles. The van der Waals surface area contributed by atoms with E-state index in [1.54, 1.807) is 47.2 Å². The summed E-state index contributed by atoms with van der Waals surface area (Å²) in [7, 11) is 1.79. The fourth-order valence-electron chi connectivity index (χ4n) is 2.99. The van der Waals surface area contributed by atoms with E-state index in [2.05, 4.69) is 15.3 Å². The first-order valence-electron chi connectivity index (χ1n) is 8.67. The van der Waals surface area contributed by atoms with Gasteiger partial charge in [0, 0.05) is 20.1 Å². The van der Waals surface area contributed by atoms with Gasteiger partial charge in [-0.15, -0.1) is 15.3 Å². The lowest BCUT2D eigenvalue weighted by molar-refractivity contribution is -0.133. The standard InChI is InChI=1S/C18H19FN6O2/c1-23(12-17(26)24-8-10-27-11-9-24)16-7-6-15-20-21-18(25(15)22-16)13-4-2-3-5-14(13)19/h2-7H,8-12H2,1H3. The molecule has 1 fully saturated rings. The van der Waals surface area contributed by atoms with Crippen LogP contribution in [0.5, 0.6) is 0 Å². The second-order valence-electron chi connectivity index (χ2n) is 6.31. The molecule has 9 heteroatoms. The lowest BCUT2D eigenvalue weighted by atomic mass is 10.2. The summed E-state index contributed by atoms with van der Waals surface area (Å²) in [5, 5.41) is 12.6. The van der Waals surface area contributed by atoms with Crippen LogP contribution in [0.2, 0.25) is 0 Å². The van der Waals surface area contributed by atoms with E-state index in [-0.39, 0.29) is 12.5 Å². The molecule has 1 amide bonds. The average molecular weight is 370 g/mol. The number of likely N-dealkylation sites (N-methyl/N-ethyl adjacent to an activating group) is 1. The fraction of sp³-hybridized carbons (Fsp3) is 0.333. The molecule has 0 unspecified atom stereocenters. The highest BCUT2D eigenvalue weighted by Crippen LogP contribution is 2.22. The molecule has 0 radical (unpaired) electrons. The van der Waals surface area contributed by atoms with Crippen LogP contribution in [-0.2, 0) is 9.53 Å². The van der Waals surface area contributed by atoms with Gasteiger partial charge < -0.3 is 14.5 Å². The predicted octanol–water partition coefficient (Wildman–Crippen LogP) is 1.23.